The van der Waals surface area contributed by atoms with E-state index in [9.17, 15) is 9.18 Å². The first-order valence-electron chi connectivity index (χ1n) is 5.66. The Morgan fingerprint density at radius 1 is 1.41 bits per heavy atom. The molecule has 0 heterocycles. The van der Waals surface area contributed by atoms with Gasteiger partial charge < -0.3 is 16.0 Å². The van der Waals surface area contributed by atoms with E-state index in [0.717, 1.165) is 0 Å². The van der Waals surface area contributed by atoms with Crippen molar-refractivity contribution in [3.63, 3.8) is 0 Å². The number of hydrogen-bond acceptors (Lipinski definition) is 2. The van der Waals surface area contributed by atoms with Crippen molar-refractivity contribution >= 4 is 11.7 Å². The number of anilines is 1. The maximum absolute atomic E-state index is 13.2. The van der Waals surface area contributed by atoms with Gasteiger partial charge in [-0.25, -0.2) is 9.18 Å². The zero-order valence-corrected chi connectivity index (χ0v) is 10.2. The van der Waals surface area contributed by atoms with Crippen molar-refractivity contribution < 1.29 is 9.18 Å². The van der Waals surface area contributed by atoms with Crippen molar-refractivity contribution in [1.29, 1.82) is 0 Å². The third-order valence-corrected chi connectivity index (χ3v) is 2.57. The molecule has 0 bridgehead atoms. The fourth-order valence-corrected chi connectivity index (χ4v) is 1.52. The first kappa shape index (κ1) is 13.4. The Morgan fingerprint density at radius 3 is 2.59 bits per heavy atom. The number of halogens is 1. The molecule has 0 aliphatic heterocycles. The largest absolute Gasteiger partial charge is 0.326 e. The highest BCUT2D eigenvalue weighted by Crippen LogP contribution is 2.14. The topological polar surface area (TPSA) is 58.4 Å². The molecule has 0 aliphatic rings. The summed E-state index contributed by atoms with van der Waals surface area (Å²) in [5.74, 6) is -0.353. The minimum absolute atomic E-state index is 0.112. The molecule has 2 amide bonds. The van der Waals surface area contributed by atoms with Gasteiger partial charge in [0.15, 0.2) is 0 Å². The van der Waals surface area contributed by atoms with Crippen LogP contribution >= 0.6 is 0 Å². The molecule has 0 unspecified atom stereocenters. The summed E-state index contributed by atoms with van der Waals surface area (Å²) in [7, 11) is 0. The number of rotatable bonds is 4. The second kappa shape index (κ2) is 6.20. The summed E-state index contributed by atoms with van der Waals surface area (Å²) in [4.78, 5) is 13.4. The Morgan fingerprint density at radius 2 is 2.06 bits per heavy atom. The summed E-state index contributed by atoms with van der Waals surface area (Å²) in [6, 6.07) is 4.19. The number of nitrogens with one attached hydrogen (secondary N) is 1. The molecule has 4 nitrogen and oxygen atoms in total. The number of amides is 2. The predicted molar refractivity (Wildman–Crippen MR) is 66.2 cm³/mol. The van der Waals surface area contributed by atoms with Crippen molar-refractivity contribution in [2.75, 3.05) is 18.4 Å². The van der Waals surface area contributed by atoms with Crippen molar-refractivity contribution in [2.24, 2.45) is 5.73 Å². The monoisotopic (exact) mass is 239 g/mol. The highest BCUT2D eigenvalue weighted by atomic mass is 19.1. The van der Waals surface area contributed by atoms with E-state index >= 15 is 0 Å². The molecule has 17 heavy (non-hydrogen) atoms. The van der Waals surface area contributed by atoms with E-state index in [2.05, 4.69) is 5.32 Å². The lowest BCUT2D eigenvalue weighted by atomic mass is 10.2. The summed E-state index contributed by atoms with van der Waals surface area (Å²) in [5, 5.41) is 2.71. The van der Waals surface area contributed by atoms with Crippen LogP contribution in [0.2, 0.25) is 0 Å². The van der Waals surface area contributed by atoms with Crippen LogP contribution in [0.25, 0.3) is 0 Å². The SMILES string of the molecule is CCN(CC)C(=O)Nc1ccc(F)c(CN)c1. The van der Waals surface area contributed by atoms with Crippen LogP contribution in [-0.4, -0.2) is 24.0 Å². The van der Waals surface area contributed by atoms with E-state index in [1.54, 1.807) is 11.0 Å². The maximum atomic E-state index is 13.2. The maximum Gasteiger partial charge on any atom is 0.321 e. The lowest BCUT2D eigenvalue weighted by Gasteiger charge is -2.19. The van der Waals surface area contributed by atoms with Crippen molar-refractivity contribution in [2.45, 2.75) is 20.4 Å². The summed E-state index contributed by atoms with van der Waals surface area (Å²) < 4.78 is 13.2. The smallest absolute Gasteiger partial charge is 0.321 e. The summed E-state index contributed by atoms with van der Waals surface area (Å²) >= 11 is 0. The van der Waals surface area contributed by atoms with E-state index in [1.807, 2.05) is 13.8 Å². The Kier molecular flexibility index (Phi) is 4.90. The first-order chi connectivity index (χ1) is 8.12. The molecule has 0 saturated heterocycles. The second-order valence-electron chi connectivity index (χ2n) is 3.61. The highest BCUT2D eigenvalue weighted by molar-refractivity contribution is 5.89. The molecule has 0 fully saturated rings. The fourth-order valence-electron chi connectivity index (χ4n) is 1.52. The third kappa shape index (κ3) is 3.42. The van der Waals surface area contributed by atoms with Crippen LogP contribution in [0.15, 0.2) is 18.2 Å². The van der Waals surface area contributed by atoms with Gasteiger partial charge in [-0.3, -0.25) is 0 Å². The number of carbonyl (C=O) groups is 1. The molecular weight excluding hydrogens is 221 g/mol. The lowest BCUT2D eigenvalue weighted by molar-refractivity contribution is 0.217. The molecule has 1 rings (SSSR count). The van der Waals surface area contributed by atoms with E-state index < -0.39 is 0 Å². The summed E-state index contributed by atoms with van der Waals surface area (Å²) in [5.41, 5.74) is 6.35. The van der Waals surface area contributed by atoms with E-state index in [1.165, 1.54) is 12.1 Å². The number of urea groups is 1. The molecule has 0 spiro atoms. The Hall–Kier alpha value is -1.62. The van der Waals surface area contributed by atoms with E-state index in [-0.39, 0.29) is 18.4 Å². The molecule has 0 atom stereocenters. The molecule has 0 saturated carbocycles. The second-order valence-corrected chi connectivity index (χ2v) is 3.61. The van der Waals surface area contributed by atoms with Gasteiger partial charge in [0.05, 0.1) is 0 Å². The van der Waals surface area contributed by atoms with Gasteiger partial charge in [-0.2, -0.15) is 0 Å². The molecule has 5 heteroatoms. The summed E-state index contributed by atoms with van der Waals surface area (Å²) in [6.45, 7) is 5.18. The van der Waals surface area contributed by atoms with Crippen LogP contribution < -0.4 is 11.1 Å². The van der Waals surface area contributed by atoms with Crippen LogP contribution in [0, 0.1) is 5.82 Å². The molecule has 1 aromatic carbocycles. The van der Waals surface area contributed by atoms with Gasteiger partial charge in [0.25, 0.3) is 0 Å². The van der Waals surface area contributed by atoms with Crippen molar-refractivity contribution in [3.05, 3.63) is 29.6 Å². The first-order valence-corrected chi connectivity index (χ1v) is 5.66. The van der Waals surface area contributed by atoms with Gasteiger partial charge in [0.2, 0.25) is 0 Å². The zero-order chi connectivity index (χ0) is 12.8. The minimum Gasteiger partial charge on any atom is -0.326 e. The Bertz CT molecular complexity index is 391. The van der Waals surface area contributed by atoms with Crippen LogP contribution in [0.1, 0.15) is 19.4 Å². The number of nitrogens with zero attached hydrogens (tertiary/aromatic N) is 1. The number of carbonyl (C=O) groups excluding carboxylic acids is 1. The molecular formula is C12H18FN3O. The van der Waals surface area contributed by atoms with Gasteiger partial charge in [-0.15, -0.1) is 0 Å². The average molecular weight is 239 g/mol. The van der Waals surface area contributed by atoms with E-state index in [0.29, 0.717) is 24.3 Å². The van der Waals surface area contributed by atoms with Crippen molar-refractivity contribution in [3.8, 4) is 0 Å². The molecule has 94 valence electrons. The lowest BCUT2D eigenvalue weighted by Crippen LogP contribution is -2.34. The van der Waals surface area contributed by atoms with Crippen LogP contribution in [0.3, 0.4) is 0 Å². The van der Waals surface area contributed by atoms with Gasteiger partial charge in [0.1, 0.15) is 5.82 Å². The minimum atomic E-state index is -0.353. The molecule has 0 aliphatic carbocycles. The van der Waals surface area contributed by atoms with Gasteiger partial charge in [0, 0.05) is 30.9 Å². The van der Waals surface area contributed by atoms with Crippen molar-refractivity contribution in [1.82, 2.24) is 4.90 Å². The third-order valence-electron chi connectivity index (χ3n) is 2.57. The van der Waals surface area contributed by atoms with Gasteiger partial charge >= 0.3 is 6.03 Å². The molecule has 3 N–H and O–H groups in total. The standard InChI is InChI=1S/C12H18FN3O/c1-3-16(4-2)12(17)15-10-5-6-11(13)9(7-10)8-14/h5-7H,3-4,8,14H2,1-2H3,(H,15,17). The van der Waals surface area contributed by atoms with Crippen LogP contribution in [-0.2, 0) is 6.54 Å². The molecule has 0 aromatic heterocycles. The van der Waals surface area contributed by atoms with Crippen LogP contribution in [0.5, 0.6) is 0 Å². The number of nitrogens with two attached hydrogens (primary N) is 1. The average Bonchev–Trinajstić information content (AvgIpc) is 2.33. The van der Waals surface area contributed by atoms with Gasteiger partial charge in [-0.05, 0) is 32.0 Å². The Labute approximate surface area is 101 Å². The number of hydrogen-bond donors (Lipinski definition) is 2. The molecule has 0 radical (unpaired) electrons. The van der Waals surface area contributed by atoms with E-state index in [4.69, 9.17) is 5.73 Å². The number of benzene rings is 1. The van der Waals surface area contributed by atoms with Gasteiger partial charge in [-0.1, -0.05) is 0 Å². The Balaban J connectivity index is 2.78. The highest BCUT2D eigenvalue weighted by Gasteiger charge is 2.10. The normalized spacial score (nSPS) is 10.1. The predicted octanol–water partition coefficient (Wildman–Crippen LogP) is 2.16. The summed E-state index contributed by atoms with van der Waals surface area (Å²) in [6.07, 6.45) is 0. The quantitative estimate of drug-likeness (QED) is 0.845. The zero-order valence-electron chi connectivity index (χ0n) is 10.2. The fraction of sp³-hybridized carbons (Fsp3) is 0.417. The van der Waals surface area contributed by atoms with Crippen LogP contribution in [0.4, 0.5) is 14.9 Å². The molecule has 1 aromatic rings.